The molecule has 2 amide bonds. The standard InChI is InChI=1S/C21H27N3O4/c25-19-12-15-10-14(6-4-5-9-20(26)27)11-17(15)18(19)13-22-24-21(28)23-16-7-2-1-3-8-16/h1-3,6-8,13,15,17-19,25H,4-5,9-12H2,(H,26,27)(H2,23,24,28)/b14-6-,22-13+/t15-,17-,18+,19+/m0/s1. The van der Waals surface area contributed by atoms with E-state index in [1.807, 2.05) is 18.2 Å². The number of urea groups is 1. The number of aliphatic hydroxyl groups excluding tert-OH is 1. The molecular weight excluding hydrogens is 358 g/mol. The number of nitrogens with zero attached hydrogens (tertiary/aromatic N) is 1. The number of amides is 2. The number of aliphatic hydroxyl groups is 1. The highest BCUT2D eigenvalue weighted by Crippen LogP contribution is 2.49. The first-order chi connectivity index (χ1) is 13.5. The molecule has 0 bridgehead atoms. The number of fused-ring (bicyclic) bond motifs is 1. The van der Waals surface area contributed by atoms with Crippen LogP contribution in [0.25, 0.3) is 0 Å². The number of carbonyl (C=O) groups is 2. The Labute approximate surface area is 164 Å². The van der Waals surface area contributed by atoms with Crippen molar-refractivity contribution >= 4 is 23.9 Å². The van der Waals surface area contributed by atoms with Crippen molar-refractivity contribution < 1.29 is 19.8 Å². The van der Waals surface area contributed by atoms with Gasteiger partial charge in [0, 0.05) is 24.2 Å². The summed E-state index contributed by atoms with van der Waals surface area (Å²) in [5.41, 5.74) is 4.49. The predicted molar refractivity (Wildman–Crippen MR) is 107 cm³/mol. The Bertz CT molecular complexity index is 747. The third-order valence-corrected chi connectivity index (χ3v) is 5.58. The number of unbranched alkanes of at least 4 members (excludes halogenated alkanes) is 1. The summed E-state index contributed by atoms with van der Waals surface area (Å²) in [5, 5.41) is 25.8. The maximum Gasteiger partial charge on any atom is 0.339 e. The fourth-order valence-electron chi connectivity index (χ4n) is 4.30. The monoisotopic (exact) mass is 385 g/mol. The number of allylic oxidation sites excluding steroid dienone is 2. The van der Waals surface area contributed by atoms with Crippen LogP contribution in [0.2, 0.25) is 0 Å². The molecule has 0 aromatic heterocycles. The van der Waals surface area contributed by atoms with Crippen LogP contribution in [0.4, 0.5) is 10.5 Å². The van der Waals surface area contributed by atoms with Gasteiger partial charge < -0.3 is 15.5 Å². The molecule has 4 atom stereocenters. The topological polar surface area (TPSA) is 111 Å². The van der Waals surface area contributed by atoms with Gasteiger partial charge in [0.1, 0.15) is 0 Å². The van der Waals surface area contributed by atoms with Crippen molar-refractivity contribution in [3.63, 3.8) is 0 Å². The number of nitrogens with one attached hydrogen (secondary N) is 2. The van der Waals surface area contributed by atoms with E-state index in [0.717, 1.165) is 25.7 Å². The van der Waals surface area contributed by atoms with Gasteiger partial charge in [-0.15, -0.1) is 0 Å². The fraction of sp³-hybridized carbons (Fsp3) is 0.476. The lowest BCUT2D eigenvalue weighted by atomic mass is 9.92. The van der Waals surface area contributed by atoms with Gasteiger partial charge in [-0.05, 0) is 56.1 Å². The van der Waals surface area contributed by atoms with Crippen LogP contribution in [0.1, 0.15) is 38.5 Å². The molecule has 0 spiro atoms. The number of benzene rings is 1. The molecule has 1 aromatic rings. The number of hydrogen-bond acceptors (Lipinski definition) is 4. The predicted octanol–water partition coefficient (Wildman–Crippen LogP) is 3.38. The smallest absolute Gasteiger partial charge is 0.339 e. The van der Waals surface area contributed by atoms with Crippen LogP contribution in [0, 0.1) is 17.8 Å². The van der Waals surface area contributed by atoms with Crippen LogP contribution < -0.4 is 10.7 Å². The normalized spacial score (nSPS) is 27.8. The number of aliphatic carboxylic acids is 1. The van der Waals surface area contributed by atoms with Gasteiger partial charge in [-0.2, -0.15) is 5.10 Å². The Morgan fingerprint density at radius 3 is 2.75 bits per heavy atom. The Morgan fingerprint density at radius 2 is 2.00 bits per heavy atom. The van der Waals surface area contributed by atoms with Gasteiger partial charge in [0.15, 0.2) is 0 Å². The summed E-state index contributed by atoms with van der Waals surface area (Å²) in [7, 11) is 0. The average molecular weight is 385 g/mol. The van der Waals surface area contributed by atoms with E-state index in [1.165, 1.54) is 5.57 Å². The largest absolute Gasteiger partial charge is 0.481 e. The molecule has 0 heterocycles. The second-order valence-electron chi connectivity index (χ2n) is 7.57. The maximum atomic E-state index is 11.9. The molecule has 2 fully saturated rings. The van der Waals surface area contributed by atoms with Crippen LogP contribution in [-0.4, -0.2) is 34.5 Å². The minimum Gasteiger partial charge on any atom is -0.481 e. The summed E-state index contributed by atoms with van der Waals surface area (Å²) < 4.78 is 0. The quantitative estimate of drug-likeness (QED) is 0.249. The Kier molecular flexibility index (Phi) is 6.81. The zero-order valence-electron chi connectivity index (χ0n) is 15.8. The third kappa shape index (κ3) is 5.42. The molecule has 1 aromatic carbocycles. The molecule has 3 rings (SSSR count). The van der Waals surface area contributed by atoms with Crippen LogP contribution in [0.15, 0.2) is 47.1 Å². The van der Waals surface area contributed by atoms with Crippen molar-refractivity contribution in [2.45, 2.75) is 44.6 Å². The molecule has 2 aliphatic carbocycles. The minimum absolute atomic E-state index is 0.0769. The first kappa shape index (κ1) is 20.1. The van der Waals surface area contributed by atoms with E-state index in [2.05, 4.69) is 21.9 Å². The molecule has 2 saturated carbocycles. The number of carboxylic acid groups (broad SMARTS) is 1. The molecule has 0 unspecified atom stereocenters. The highest BCUT2D eigenvalue weighted by atomic mass is 16.4. The second kappa shape index (κ2) is 9.50. The Hall–Kier alpha value is -2.67. The Morgan fingerprint density at radius 1 is 1.21 bits per heavy atom. The van der Waals surface area contributed by atoms with Gasteiger partial charge in [-0.3, -0.25) is 4.79 Å². The van der Waals surface area contributed by atoms with Crippen LogP contribution in [-0.2, 0) is 4.79 Å². The first-order valence-electron chi connectivity index (χ1n) is 9.76. The summed E-state index contributed by atoms with van der Waals surface area (Å²) in [6, 6.07) is 8.70. The molecule has 7 nitrogen and oxygen atoms in total. The summed E-state index contributed by atoms with van der Waals surface area (Å²) in [6.45, 7) is 0. The molecule has 4 N–H and O–H groups in total. The lowest BCUT2D eigenvalue weighted by Gasteiger charge is -2.16. The van der Waals surface area contributed by atoms with Crippen molar-refractivity contribution in [3.8, 4) is 0 Å². The van der Waals surface area contributed by atoms with Crippen molar-refractivity contribution in [2.75, 3.05) is 5.32 Å². The zero-order chi connectivity index (χ0) is 19.9. The highest BCUT2D eigenvalue weighted by Gasteiger charge is 2.45. The summed E-state index contributed by atoms with van der Waals surface area (Å²) in [5.74, 6) is -0.0874. The minimum atomic E-state index is -0.759. The zero-order valence-corrected chi connectivity index (χ0v) is 15.8. The molecule has 28 heavy (non-hydrogen) atoms. The lowest BCUT2D eigenvalue weighted by molar-refractivity contribution is -0.137. The molecule has 0 aliphatic heterocycles. The molecule has 7 heteroatoms. The molecule has 150 valence electrons. The Balaban J connectivity index is 1.48. The van der Waals surface area contributed by atoms with Gasteiger partial charge in [-0.25, -0.2) is 10.2 Å². The number of para-hydroxylation sites is 1. The number of anilines is 1. The molecule has 2 aliphatic rings. The summed E-state index contributed by atoms with van der Waals surface area (Å²) >= 11 is 0. The van der Waals surface area contributed by atoms with Gasteiger partial charge >= 0.3 is 12.0 Å². The van der Waals surface area contributed by atoms with E-state index in [4.69, 9.17) is 5.11 Å². The molecular formula is C21H27N3O4. The number of rotatable bonds is 7. The number of carboxylic acids is 1. The number of hydrazone groups is 1. The van der Waals surface area contributed by atoms with Crippen molar-refractivity contribution in [1.82, 2.24) is 5.43 Å². The van der Waals surface area contributed by atoms with Gasteiger partial charge in [0.2, 0.25) is 0 Å². The molecule has 0 radical (unpaired) electrons. The van der Waals surface area contributed by atoms with E-state index in [0.29, 0.717) is 23.9 Å². The summed E-state index contributed by atoms with van der Waals surface area (Å²) in [4.78, 5) is 22.5. The van der Waals surface area contributed by atoms with E-state index in [9.17, 15) is 14.7 Å². The van der Waals surface area contributed by atoms with E-state index in [1.54, 1.807) is 18.3 Å². The van der Waals surface area contributed by atoms with Gasteiger partial charge in [-0.1, -0.05) is 29.8 Å². The lowest BCUT2D eigenvalue weighted by Crippen LogP contribution is -2.27. The SMILES string of the molecule is O=C(O)CCC/C=C1/C[C@H]2C[C@@H](O)[C@H](/C=N/NC(=O)Nc3ccccc3)[C@H]2C1. The van der Waals surface area contributed by atoms with E-state index >= 15 is 0 Å². The van der Waals surface area contributed by atoms with Crippen LogP contribution in [0.5, 0.6) is 0 Å². The van der Waals surface area contributed by atoms with Crippen molar-refractivity contribution in [2.24, 2.45) is 22.9 Å². The van der Waals surface area contributed by atoms with Gasteiger partial charge in [0.25, 0.3) is 0 Å². The van der Waals surface area contributed by atoms with Crippen molar-refractivity contribution in [1.29, 1.82) is 0 Å². The van der Waals surface area contributed by atoms with E-state index in [-0.39, 0.29) is 12.3 Å². The van der Waals surface area contributed by atoms with Crippen LogP contribution in [0.3, 0.4) is 0 Å². The average Bonchev–Trinajstić information content (AvgIpc) is 3.17. The van der Waals surface area contributed by atoms with E-state index < -0.39 is 18.1 Å². The highest BCUT2D eigenvalue weighted by molar-refractivity contribution is 5.89. The number of hydrogen-bond donors (Lipinski definition) is 4. The van der Waals surface area contributed by atoms with Crippen molar-refractivity contribution in [3.05, 3.63) is 42.0 Å². The van der Waals surface area contributed by atoms with Crippen LogP contribution >= 0.6 is 0 Å². The maximum absolute atomic E-state index is 11.9. The third-order valence-electron chi connectivity index (χ3n) is 5.58. The summed E-state index contributed by atoms with van der Waals surface area (Å²) in [6.07, 6.45) is 7.62. The second-order valence-corrected chi connectivity index (χ2v) is 7.57. The molecule has 0 saturated heterocycles. The fourth-order valence-corrected chi connectivity index (χ4v) is 4.30. The van der Waals surface area contributed by atoms with Gasteiger partial charge in [0.05, 0.1) is 6.10 Å². The first-order valence-corrected chi connectivity index (χ1v) is 9.76. The number of carbonyl (C=O) groups excluding carboxylic acids is 1.